The van der Waals surface area contributed by atoms with E-state index in [0.717, 1.165) is 5.56 Å². The van der Waals surface area contributed by atoms with Crippen molar-refractivity contribution in [1.82, 2.24) is 0 Å². The maximum absolute atomic E-state index is 12.8. The molecule has 0 aliphatic rings. The molecule has 0 bridgehead atoms. The first-order valence-electron chi connectivity index (χ1n) is 8.35. The summed E-state index contributed by atoms with van der Waals surface area (Å²) < 4.78 is 0. The highest BCUT2D eigenvalue weighted by atomic mass is 35.5. The van der Waals surface area contributed by atoms with Crippen molar-refractivity contribution in [3.05, 3.63) is 93.5 Å². The second kappa shape index (κ2) is 8.78. The quantitative estimate of drug-likeness (QED) is 0.474. The van der Waals surface area contributed by atoms with Gasteiger partial charge >= 0.3 is 5.97 Å². The fourth-order valence-electron chi connectivity index (χ4n) is 2.59. The molecule has 0 aliphatic heterocycles. The lowest BCUT2D eigenvalue weighted by atomic mass is 10.1. The fourth-order valence-corrected chi connectivity index (χ4v) is 2.98. The molecule has 28 heavy (non-hydrogen) atoms. The monoisotopic (exact) mass is 416 g/mol. The standard InChI is InChI=1S/C21H16Cl2N2O3.H2/c22-15-8-4-13(5-9-15)12-24-18-3-1-2-17(23)19(18)20(26)25-16-10-6-14(7-11-16)21(27)28;/h1-11,24H,12H2,(H,25,26)(H,27,28);1H. The van der Waals surface area contributed by atoms with E-state index in [1.54, 1.807) is 30.3 Å². The van der Waals surface area contributed by atoms with Crippen LogP contribution in [-0.4, -0.2) is 17.0 Å². The van der Waals surface area contributed by atoms with Crippen molar-refractivity contribution in [2.75, 3.05) is 10.6 Å². The van der Waals surface area contributed by atoms with E-state index in [1.807, 2.05) is 12.1 Å². The van der Waals surface area contributed by atoms with Crippen LogP contribution in [0.4, 0.5) is 11.4 Å². The highest BCUT2D eigenvalue weighted by molar-refractivity contribution is 6.35. The minimum Gasteiger partial charge on any atom is -0.478 e. The zero-order chi connectivity index (χ0) is 20.1. The molecule has 3 aromatic carbocycles. The average Bonchev–Trinajstić information content (AvgIpc) is 2.68. The highest BCUT2D eigenvalue weighted by Gasteiger charge is 2.16. The summed E-state index contributed by atoms with van der Waals surface area (Å²) >= 11 is 12.2. The van der Waals surface area contributed by atoms with E-state index >= 15 is 0 Å². The third kappa shape index (κ3) is 4.82. The Morgan fingerprint density at radius 3 is 2.25 bits per heavy atom. The van der Waals surface area contributed by atoms with Crippen LogP contribution in [0, 0.1) is 0 Å². The minimum absolute atomic E-state index is 0. The minimum atomic E-state index is -1.03. The smallest absolute Gasteiger partial charge is 0.335 e. The summed E-state index contributed by atoms with van der Waals surface area (Å²) in [6.45, 7) is 0.491. The molecule has 0 radical (unpaired) electrons. The van der Waals surface area contributed by atoms with Crippen molar-refractivity contribution in [2.45, 2.75) is 6.54 Å². The second-order valence-corrected chi connectivity index (χ2v) is 6.82. The normalized spacial score (nSPS) is 10.4. The van der Waals surface area contributed by atoms with Crippen LogP contribution in [0.3, 0.4) is 0 Å². The molecule has 0 saturated heterocycles. The van der Waals surface area contributed by atoms with E-state index in [-0.39, 0.29) is 6.99 Å². The Morgan fingerprint density at radius 2 is 1.61 bits per heavy atom. The summed E-state index contributed by atoms with van der Waals surface area (Å²) in [6, 6.07) is 18.4. The number of halogens is 2. The van der Waals surface area contributed by atoms with Gasteiger partial charge in [0.2, 0.25) is 0 Å². The van der Waals surface area contributed by atoms with Crippen molar-refractivity contribution in [3.8, 4) is 0 Å². The molecule has 3 rings (SSSR count). The third-order valence-corrected chi connectivity index (χ3v) is 4.59. The van der Waals surface area contributed by atoms with E-state index in [9.17, 15) is 9.59 Å². The third-order valence-electron chi connectivity index (χ3n) is 4.03. The summed E-state index contributed by atoms with van der Waals surface area (Å²) in [7, 11) is 0. The Kier molecular flexibility index (Phi) is 6.19. The molecule has 0 fully saturated rings. The number of carbonyl (C=O) groups excluding carboxylic acids is 1. The van der Waals surface area contributed by atoms with E-state index in [1.165, 1.54) is 24.3 Å². The molecule has 3 N–H and O–H groups in total. The van der Waals surface area contributed by atoms with E-state index in [0.29, 0.717) is 33.5 Å². The Morgan fingerprint density at radius 1 is 0.929 bits per heavy atom. The van der Waals surface area contributed by atoms with Crippen molar-refractivity contribution in [3.63, 3.8) is 0 Å². The maximum Gasteiger partial charge on any atom is 0.335 e. The van der Waals surface area contributed by atoms with Gasteiger partial charge in [-0.15, -0.1) is 0 Å². The number of anilines is 2. The number of amides is 1. The molecule has 0 heterocycles. The number of rotatable bonds is 6. The average molecular weight is 417 g/mol. The van der Waals surface area contributed by atoms with E-state index in [4.69, 9.17) is 28.3 Å². The number of benzene rings is 3. The van der Waals surface area contributed by atoms with Gasteiger partial charge in [0.25, 0.3) is 5.91 Å². The summed E-state index contributed by atoms with van der Waals surface area (Å²) in [5.74, 6) is -1.43. The molecule has 5 nitrogen and oxygen atoms in total. The summed E-state index contributed by atoms with van der Waals surface area (Å²) in [5.41, 5.74) is 2.50. The van der Waals surface area contributed by atoms with Crippen LogP contribution in [0.15, 0.2) is 66.7 Å². The molecule has 7 heteroatoms. The molecular formula is C21H18Cl2N2O3. The van der Waals surface area contributed by atoms with Gasteiger partial charge in [-0.3, -0.25) is 4.79 Å². The maximum atomic E-state index is 12.8. The first-order chi connectivity index (χ1) is 13.4. The predicted molar refractivity (Wildman–Crippen MR) is 114 cm³/mol. The zero-order valence-corrected chi connectivity index (χ0v) is 16.1. The Bertz CT molecular complexity index is 1010. The summed E-state index contributed by atoms with van der Waals surface area (Å²) in [5, 5.41) is 15.9. The Balaban J connectivity index is 0.00000300. The van der Waals surface area contributed by atoms with Crippen LogP contribution in [0.25, 0.3) is 0 Å². The van der Waals surface area contributed by atoms with Gasteiger partial charge in [0.15, 0.2) is 0 Å². The highest BCUT2D eigenvalue weighted by Crippen LogP contribution is 2.26. The molecule has 0 spiro atoms. The lowest BCUT2D eigenvalue weighted by Gasteiger charge is -2.14. The lowest BCUT2D eigenvalue weighted by Crippen LogP contribution is -2.15. The number of nitrogens with one attached hydrogen (secondary N) is 2. The molecule has 0 atom stereocenters. The van der Waals surface area contributed by atoms with Gasteiger partial charge in [-0.25, -0.2) is 4.79 Å². The van der Waals surface area contributed by atoms with E-state index in [2.05, 4.69) is 10.6 Å². The summed E-state index contributed by atoms with van der Waals surface area (Å²) in [6.07, 6.45) is 0. The number of aromatic carboxylic acids is 1. The van der Waals surface area contributed by atoms with Crippen molar-refractivity contribution >= 4 is 46.5 Å². The van der Waals surface area contributed by atoms with Crippen LogP contribution >= 0.6 is 23.2 Å². The van der Waals surface area contributed by atoms with Crippen molar-refractivity contribution in [1.29, 1.82) is 0 Å². The largest absolute Gasteiger partial charge is 0.478 e. The zero-order valence-electron chi connectivity index (χ0n) is 14.6. The summed E-state index contributed by atoms with van der Waals surface area (Å²) in [4.78, 5) is 23.7. The molecule has 0 saturated carbocycles. The van der Waals surface area contributed by atoms with E-state index < -0.39 is 11.9 Å². The fraction of sp³-hybridized carbons (Fsp3) is 0.0476. The van der Waals surface area contributed by atoms with Crippen LogP contribution in [-0.2, 0) is 6.54 Å². The first-order valence-corrected chi connectivity index (χ1v) is 9.11. The van der Waals surface area contributed by atoms with Crippen molar-refractivity contribution in [2.24, 2.45) is 0 Å². The number of carboxylic acid groups (broad SMARTS) is 1. The van der Waals surface area contributed by atoms with Gasteiger partial charge in [-0.1, -0.05) is 41.4 Å². The van der Waals surface area contributed by atoms with Crippen molar-refractivity contribution < 1.29 is 16.1 Å². The molecule has 0 unspecified atom stereocenters. The Labute approximate surface area is 173 Å². The molecule has 1 amide bonds. The van der Waals surface area contributed by atoms with Crippen LogP contribution < -0.4 is 10.6 Å². The van der Waals surface area contributed by atoms with Gasteiger partial charge in [0, 0.05) is 24.4 Å². The molecule has 0 aromatic heterocycles. The number of carbonyl (C=O) groups is 2. The van der Waals surface area contributed by atoms with Gasteiger partial charge < -0.3 is 15.7 Å². The lowest BCUT2D eigenvalue weighted by molar-refractivity contribution is 0.0696. The topological polar surface area (TPSA) is 78.4 Å². The molecule has 3 aromatic rings. The van der Waals surface area contributed by atoms with Crippen LogP contribution in [0.5, 0.6) is 0 Å². The molecule has 0 aliphatic carbocycles. The molecular weight excluding hydrogens is 399 g/mol. The number of hydrogen-bond donors (Lipinski definition) is 3. The van der Waals surface area contributed by atoms with Gasteiger partial charge in [0.1, 0.15) is 0 Å². The van der Waals surface area contributed by atoms with Gasteiger partial charge in [-0.2, -0.15) is 0 Å². The van der Waals surface area contributed by atoms with Gasteiger partial charge in [0.05, 0.1) is 16.1 Å². The molecule has 144 valence electrons. The van der Waals surface area contributed by atoms with Crippen LogP contribution in [0.2, 0.25) is 10.0 Å². The van der Waals surface area contributed by atoms with Crippen LogP contribution in [0.1, 0.15) is 27.7 Å². The van der Waals surface area contributed by atoms with Gasteiger partial charge in [-0.05, 0) is 54.1 Å². The first kappa shape index (κ1) is 19.7. The Hall–Kier alpha value is -3.02. The SMILES string of the molecule is O=C(O)c1ccc(NC(=O)c2c(Cl)cccc2NCc2ccc(Cl)cc2)cc1.[HH]. The predicted octanol–water partition coefficient (Wildman–Crippen LogP) is 5.80. The number of hydrogen-bond acceptors (Lipinski definition) is 3. The number of carboxylic acids is 1. The second-order valence-electron chi connectivity index (χ2n) is 5.98.